The fourth-order valence-corrected chi connectivity index (χ4v) is 1.99. The first-order valence-electron chi connectivity index (χ1n) is 7.00. The van der Waals surface area contributed by atoms with E-state index in [1.807, 2.05) is 6.07 Å². The van der Waals surface area contributed by atoms with Crippen LogP contribution in [0.4, 0.5) is 11.9 Å². The third-order valence-electron chi connectivity index (χ3n) is 3.02. The number of aromatic nitrogens is 4. The van der Waals surface area contributed by atoms with Gasteiger partial charge in [-0.05, 0) is 23.3 Å². The molecule has 0 saturated carbocycles. The molecule has 2 N–H and O–H groups in total. The summed E-state index contributed by atoms with van der Waals surface area (Å²) in [4.78, 5) is 16.6. The highest BCUT2D eigenvalue weighted by molar-refractivity contribution is 5.32. The lowest BCUT2D eigenvalue weighted by Gasteiger charge is -2.08. The van der Waals surface area contributed by atoms with Gasteiger partial charge in [-0.25, -0.2) is 19.9 Å². The Kier molecular flexibility index (Phi) is 4.51. The second kappa shape index (κ2) is 7.12. The van der Waals surface area contributed by atoms with Gasteiger partial charge < -0.3 is 10.6 Å². The number of nitrogens with zero attached hydrogens (tertiary/aromatic N) is 4. The highest BCUT2D eigenvalue weighted by Crippen LogP contribution is 2.09. The molecule has 0 atom stereocenters. The van der Waals surface area contributed by atoms with Crippen LogP contribution < -0.4 is 10.6 Å². The predicted molar refractivity (Wildman–Crippen MR) is 85.2 cm³/mol. The first kappa shape index (κ1) is 13.9. The molecule has 0 aliphatic carbocycles. The fraction of sp³-hybridized carbons (Fsp3) is 0.125. The normalized spacial score (nSPS) is 10.2. The van der Waals surface area contributed by atoms with E-state index in [9.17, 15) is 0 Å². The van der Waals surface area contributed by atoms with Crippen molar-refractivity contribution in [1.82, 2.24) is 19.9 Å². The van der Waals surface area contributed by atoms with Crippen molar-refractivity contribution in [2.75, 3.05) is 10.6 Å². The maximum Gasteiger partial charge on any atom is 0.222 e. The standard InChI is InChI=1S/C16H16N6/c1-4-13(11-21-15-17-6-2-7-18-15)10-14(5-1)12-22-16-19-8-3-9-20-16/h1-10H,11-12H2,(H,17,18,21)(H,19,20,22). The van der Waals surface area contributed by atoms with Crippen molar-refractivity contribution in [3.05, 3.63) is 72.3 Å². The van der Waals surface area contributed by atoms with Gasteiger partial charge in [0.15, 0.2) is 0 Å². The van der Waals surface area contributed by atoms with Crippen molar-refractivity contribution in [2.45, 2.75) is 13.1 Å². The zero-order valence-electron chi connectivity index (χ0n) is 12.0. The maximum absolute atomic E-state index is 4.14. The summed E-state index contributed by atoms with van der Waals surface area (Å²) < 4.78 is 0. The zero-order chi connectivity index (χ0) is 15.0. The molecule has 0 amide bonds. The Hall–Kier alpha value is -3.02. The second-order valence-electron chi connectivity index (χ2n) is 4.67. The van der Waals surface area contributed by atoms with Crippen LogP contribution in [0.5, 0.6) is 0 Å². The average Bonchev–Trinajstić information content (AvgIpc) is 2.60. The molecule has 2 aromatic heterocycles. The summed E-state index contributed by atoms with van der Waals surface area (Å²) in [5.41, 5.74) is 2.33. The van der Waals surface area contributed by atoms with Gasteiger partial charge in [0.05, 0.1) is 0 Å². The molecule has 0 bridgehead atoms. The molecule has 1 aromatic carbocycles. The minimum absolute atomic E-state index is 0.628. The molecular weight excluding hydrogens is 276 g/mol. The molecule has 22 heavy (non-hydrogen) atoms. The molecule has 3 aromatic rings. The van der Waals surface area contributed by atoms with E-state index >= 15 is 0 Å². The van der Waals surface area contributed by atoms with E-state index in [2.05, 4.69) is 48.8 Å². The molecule has 6 nitrogen and oxygen atoms in total. The molecule has 0 aliphatic rings. The third kappa shape index (κ3) is 3.99. The summed E-state index contributed by atoms with van der Waals surface area (Å²) in [6.07, 6.45) is 6.87. The van der Waals surface area contributed by atoms with Crippen LogP contribution in [0.2, 0.25) is 0 Å². The molecule has 3 rings (SSSR count). The second-order valence-corrected chi connectivity index (χ2v) is 4.67. The Morgan fingerprint density at radius 2 is 1.09 bits per heavy atom. The zero-order valence-corrected chi connectivity index (χ0v) is 12.0. The monoisotopic (exact) mass is 292 g/mol. The van der Waals surface area contributed by atoms with Crippen molar-refractivity contribution in [2.24, 2.45) is 0 Å². The van der Waals surface area contributed by atoms with E-state index in [1.54, 1.807) is 36.9 Å². The molecular formula is C16H16N6. The summed E-state index contributed by atoms with van der Waals surface area (Å²) in [7, 11) is 0. The minimum atomic E-state index is 0.628. The smallest absolute Gasteiger partial charge is 0.222 e. The van der Waals surface area contributed by atoms with E-state index < -0.39 is 0 Å². The van der Waals surface area contributed by atoms with E-state index in [4.69, 9.17) is 0 Å². The van der Waals surface area contributed by atoms with Crippen LogP contribution in [0, 0.1) is 0 Å². The van der Waals surface area contributed by atoms with Crippen LogP contribution in [0.15, 0.2) is 61.2 Å². The van der Waals surface area contributed by atoms with Crippen molar-refractivity contribution < 1.29 is 0 Å². The van der Waals surface area contributed by atoms with Crippen molar-refractivity contribution >= 4 is 11.9 Å². The Morgan fingerprint density at radius 1 is 0.636 bits per heavy atom. The van der Waals surface area contributed by atoms with E-state index in [0.717, 1.165) is 0 Å². The number of nitrogens with one attached hydrogen (secondary N) is 2. The summed E-state index contributed by atoms with van der Waals surface area (Å²) in [6.45, 7) is 1.36. The van der Waals surface area contributed by atoms with E-state index in [0.29, 0.717) is 25.0 Å². The van der Waals surface area contributed by atoms with E-state index in [-0.39, 0.29) is 0 Å². The number of rotatable bonds is 6. The molecule has 2 heterocycles. The van der Waals surface area contributed by atoms with E-state index in [1.165, 1.54) is 11.1 Å². The Balaban J connectivity index is 1.58. The van der Waals surface area contributed by atoms with Gasteiger partial charge in [-0.2, -0.15) is 0 Å². The molecule has 110 valence electrons. The lowest BCUT2D eigenvalue weighted by atomic mass is 10.1. The molecule has 0 radical (unpaired) electrons. The quantitative estimate of drug-likeness (QED) is 0.727. The molecule has 0 saturated heterocycles. The summed E-state index contributed by atoms with van der Waals surface area (Å²) in [5, 5.41) is 6.39. The first-order valence-corrected chi connectivity index (χ1v) is 7.00. The minimum Gasteiger partial charge on any atom is -0.350 e. The van der Waals surface area contributed by atoms with Crippen LogP contribution in [0.3, 0.4) is 0 Å². The molecule has 6 heteroatoms. The van der Waals surface area contributed by atoms with Crippen LogP contribution in [0.25, 0.3) is 0 Å². The SMILES string of the molecule is c1cnc(NCc2cccc(CNc3ncccn3)c2)nc1. The number of anilines is 2. The Labute approximate surface area is 128 Å². The molecule has 0 unspecified atom stereocenters. The van der Waals surface area contributed by atoms with Gasteiger partial charge in [0, 0.05) is 37.9 Å². The average molecular weight is 292 g/mol. The summed E-state index contributed by atoms with van der Waals surface area (Å²) >= 11 is 0. The lowest BCUT2D eigenvalue weighted by Crippen LogP contribution is -2.05. The van der Waals surface area contributed by atoms with Crippen molar-refractivity contribution in [1.29, 1.82) is 0 Å². The summed E-state index contributed by atoms with van der Waals surface area (Å²) in [5.74, 6) is 1.26. The molecule has 0 fully saturated rings. The highest BCUT2D eigenvalue weighted by atomic mass is 15.1. The number of hydrogen-bond acceptors (Lipinski definition) is 6. The third-order valence-corrected chi connectivity index (χ3v) is 3.02. The van der Waals surface area contributed by atoms with Crippen LogP contribution >= 0.6 is 0 Å². The van der Waals surface area contributed by atoms with Gasteiger partial charge in [-0.3, -0.25) is 0 Å². The van der Waals surface area contributed by atoms with Gasteiger partial charge in [-0.15, -0.1) is 0 Å². The van der Waals surface area contributed by atoms with Crippen LogP contribution in [-0.4, -0.2) is 19.9 Å². The van der Waals surface area contributed by atoms with Crippen molar-refractivity contribution in [3.63, 3.8) is 0 Å². The number of benzene rings is 1. The van der Waals surface area contributed by atoms with Gasteiger partial charge in [-0.1, -0.05) is 24.3 Å². The molecule has 0 aliphatic heterocycles. The topological polar surface area (TPSA) is 75.6 Å². The van der Waals surface area contributed by atoms with Crippen LogP contribution in [0.1, 0.15) is 11.1 Å². The molecule has 0 spiro atoms. The number of hydrogen-bond donors (Lipinski definition) is 2. The first-order chi connectivity index (χ1) is 10.9. The Morgan fingerprint density at radius 3 is 1.55 bits per heavy atom. The fourth-order valence-electron chi connectivity index (χ4n) is 1.99. The van der Waals surface area contributed by atoms with Gasteiger partial charge in [0.1, 0.15) is 0 Å². The highest BCUT2D eigenvalue weighted by Gasteiger charge is 1.99. The van der Waals surface area contributed by atoms with Gasteiger partial charge in [0.25, 0.3) is 0 Å². The summed E-state index contributed by atoms with van der Waals surface area (Å²) in [6, 6.07) is 11.9. The van der Waals surface area contributed by atoms with Gasteiger partial charge >= 0.3 is 0 Å². The largest absolute Gasteiger partial charge is 0.350 e. The lowest BCUT2D eigenvalue weighted by molar-refractivity contribution is 1.03. The van der Waals surface area contributed by atoms with Crippen LogP contribution in [-0.2, 0) is 13.1 Å². The van der Waals surface area contributed by atoms with Crippen molar-refractivity contribution in [3.8, 4) is 0 Å². The van der Waals surface area contributed by atoms with Gasteiger partial charge in [0.2, 0.25) is 11.9 Å². The maximum atomic E-state index is 4.14. The predicted octanol–water partition coefficient (Wildman–Crippen LogP) is 2.49. The Bertz CT molecular complexity index is 643.